The first-order valence-electron chi connectivity index (χ1n) is 9.00. The molecule has 0 unspecified atom stereocenters. The Morgan fingerprint density at radius 1 is 1.12 bits per heavy atom. The molecule has 0 amide bonds. The molecule has 26 heavy (non-hydrogen) atoms. The first kappa shape index (κ1) is 16.0. The standard InChI is InChI=1S/C19H20ClN5O/c20-14-1-2-16-15(7-14)17(3-4-22-16)24-8-12-5-18(25-11-21-10-23-25)19(26)6-13(12)9-24/h1-4,7,10-13,18-19,26H,5-6,8-9H2/t12-,13+,18-,19-/m1/s1. The van der Waals surface area contributed by atoms with Crippen LogP contribution in [0.25, 0.3) is 10.9 Å². The molecule has 2 fully saturated rings. The second-order valence-electron chi connectivity index (χ2n) is 7.40. The van der Waals surface area contributed by atoms with Crippen LogP contribution in [-0.4, -0.2) is 44.0 Å². The summed E-state index contributed by atoms with van der Waals surface area (Å²) in [6.07, 6.45) is 6.46. The highest BCUT2D eigenvalue weighted by Crippen LogP contribution is 2.43. The molecule has 0 radical (unpaired) electrons. The lowest BCUT2D eigenvalue weighted by Crippen LogP contribution is -2.36. The third kappa shape index (κ3) is 2.64. The second kappa shape index (κ2) is 6.21. The summed E-state index contributed by atoms with van der Waals surface area (Å²) >= 11 is 6.22. The molecule has 1 aliphatic heterocycles. The number of hydrogen-bond acceptors (Lipinski definition) is 5. The van der Waals surface area contributed by atoms with Gasteiger partial charge in [0.2, 0.25) is 0 Å². The van der Waals surface area contributed by atoms with Crippen LogP contribution in [0.15, 0.2) is 43.1 Å². The van der Waals surface area contributed by atoms with E-state index in [1.165, 1.54) is 12.0 Å². The number of aliphatic hydroxyl groups is 1. The Morgan fingerprint density at radius 2 is 1.96 bits per heavy atom. The van der Waals surface area contributed by atoms with Gasteiger partial charge in [-0.1, -0.05) is 11.6 Å². The van der Waals surface area contributed by atoms with Crippen molar-refractivity contribution in [2.75, 3.05) is 18.0 Å². The van der Waals surface area contributed by atoms with Gasteiger partial charge < -0.3 is 10.0 Å². The number of nitrogens with zero attached hydrogens (tertiary/aromatic N) is 5. The predicted molar refractivity (Wildman–Crippen MR) is 100 cm³/mol. The molecular weight excluding hydrogens is 350 g/mol. The average molecular weight is 370 g/mol. The van der Waals surface area contributed by atoms with E-state index in [9.17, 15) is 5.11 Å². The Hall–Kier alpha value is -2.18. The predicted octanol–water partition coefficient (Wildman–Crippen LogP) is 2.93. The fourth-order valence-electron chi connectivity index (χ4n) is 4.66. The fourth-order valence-corrected chi connectivity index (χ4v) is 4.83. The quantitative estimate of drug-likeness (QED) is 0.752. The molecule has 3 aromatic rings. The fraction of sp³-hybridized carbons (Fsp3) is 0.421. The van der Waals surface area contributed by atoms with Gasteiger partial charge in [0.25, 0.3) is 0 Å². The van der Waals surface area contributed by atoms with Crippen LogP contribution in [0.3, 0.4) is 0 Å². The zero-order chi connectivity index (χ0) is 17.7. The number of aliphatic hydroxyl groups excluding tert-OH is 1. The summed E-state index contributed by atoms with van der Waals surface area (Å²) in [5.41, 5.74) is 2.14. The average Bonchev–Trinajstić information content (AvgIpc) is 3.29. The maximum absolute atomic E-state index is 10.6. The van der Waals surface area contributed by atoms with Crippen molar-refractivity contribution in [1.29, 1.82) is 0 Å². The van der Waals surface area contributed by atoms with E-state index >= 15 is 0 Å². The zero-order valence-corrected chi connectivity index (χ0v) is 15.0. The molecule has 1 aromatic carbocycles. The molecule has 1 aliphatic carbocycles. The lowest BCUT2D eigenvalue weighted by atomic mass is 9.77. The van der Waals surface area contributed by atoms with Crippen LogP contribution < -0.4 is 4.90 Å². The maximum atomic E-state index is 10.6. The number of benzene rings is 1. The molecule has 2 aromatic heterocycles. The Kier molecular flexibility index (Phi) is 3.83. The molecule has 3 heterocycles. The summed E-state index contributed by atoms with van der Waals surface area (Å²) in [5.74, 6) is 1.03. The van der Waals surface area contributed by atoms with Gasteiger partial charge in [-0.2, -0.15) is 5.10 Å². The van der Waals surface area contributed by atoms with Gasteiger partial charge in [0.15, 0.2) is 0 Å². The van der Waals surface area contributed by atoms with Gasteiger partial charge in [-0.15, -0.1) is 0 Å². The van der Waals surface area contributed by atoms with Gasteiger partial charge >= 0.3 is 0 Å². The van der Waals surface area contributed by atoms with Crippen molar-refractivity contribution in [3.63, 3.8) is 0 Å². The highest BCUT2D eigenvalue weighted by molar-refractivity contribution is 6.31. The summed E-state index contributed by atoms with van der Waals surface area (Å²) in [6, 6.07) is 7.93. The smallest absolute Gasteiger partial charge is 0.137 e. The largest absolute Gasteiger partial charge is 0.391 e. The SMILES string of the molecule is O[C@@H]1C[C@H]2CN(c3ccnc4ccc(Cl)cc34)C[C@H]2C[C@H]1n1cncn1. The number of anilines is 1. The topological polar surface area (TPSA) is 67.1 Å². The molecule has 2 aliphatic rings. The number of rotatable bonds is 2. The summed E-state index contributed by atoms with van der Waals surface area (Å²) in [4.78, 5) is 10.9. The molecule has 7 heteroatoms. The second-order valence-corrected chi connectivity index (χ2v) is 7.83. The molecule has 5 rings (SSSR count). The van der Waals surface area contributed by atoms with Gasteiger partial charge in [-0.3, -0.25) is 4.98 Å². The van der Waals surface area contributed by atoms with E-state index in [1.54, 1.807) is 6.33 Å². The molecule has 4 atom stereocenters. The number of fused-ring (bicyclic) bond motifs is 2. The highest BCUT2D eigenvalue weighted by atomic mass is 35.5. The van der Waals surface area contributed by atoms with Crippen molar-refractivity contribution in [1.82, 2.24) is 19.7 Å². The lowest BCUT2D eigenvalue weighted by molar-refractivity contribution is 0.0305. The van der Waals surface area contributed by atoms with Gasteiger partial charge in [-0.25, -0.2) is 9.67 Å². The van der Waals surface area contributed by atoms with Gasteiger partial charge in [0, 0.05) is 35.4 Å². The number of hydrogen-bond donors (Lipinski definition) is 1. The van der Waals surface area contributed by atoms with Crippen LogP contribution >= 0.6 is 11.6 Å². The van der Waals surface area contributed by atoms with Gasteiger partial charge in [0.05, 0.1) is 17.7 Å². The molecular formula is C19H20ClN5O. The monoisotopic (exact) mass is 369 g/mol. The maximum Gasteiger partial charge on any atom is 0.137 e. The van der Waals surface area contributed by atoms with Gasteiger partial charge in [-0.05, 0) is 48.9 Å². The van der Waals surface area contributed by atoms with E-state index in [4.69, 9.17) is 11.6 Å². The van der Waals surface area contributed by atoms with Crippen LogP contribution in [0.2, 0.25) is 5.02 Å². The van der Waals surface area contributed by atoms with Gasteiger partial charge in [0.1, 0.15) is 12.7 Å². The molecule has 0 spiro atoms. The summed E-state index contributed by atoms with van der Waals surface area (Å²) in [5, 5.41) is 16.7. The summed E-state index contributed by atoms with van der Waals surface area (Å²) in [7, 11) is 0. The number of aromatic nitrogens is 4. The minimum Gasteiger partial charge on any atom is -0.391 e. The third-order valence-electron chi connectivity index (χ3n) is 5.91. The summed E-state index contributed by atoms with van der Waals surface area (Å²) in [6.45, 7) is 1.94. The lowest BCUT2D eigenvalue weighted by Gasteiger charge is -2.34. The molecule has 1 N–H and O–H groups in total. The molecule has 134 valence electrons. The molecule has 0 bridgehead atoms. The van der Waals surface area contributed by atoms with E-state index in [-0.39, 0.29) is 12.1 Å². The van der Waals surface area contributed by atoms with E-state index in [0.29, 0.717) is 11.8 Å². The van der Waals surface area contributed by atoms with E-state index in [1.807, 2.05) is 29.1 Å². The third-order valence-corrected chi connectivity index (χ3v) is 6.14. The Bertz CT molecular complexity index is 931. The van der Waals surface area contributed by atoms with Crippen molar-refractivity contribution in [2.45, 2.75) is 25.0 Å². The summed E-state index contributed by atoms with van der Waals surface area (Å²) < 4.78 is 1.81. The van der Waals surface area contributed by atoms with Crippen LogP contribution in [0.1, 0.15) is 18.9 Å². The molecule has 1 saturated heterocycles. The number of pyridine rings is 1. The zero-order valence-electron chi connectivity index (χ0n) is 14.2. The van der Waals surface area contributed by atoms with Crippen LogP contribution in [0.4, 0.5) is 5.69 Å². The van der Waals surface area contributed by atoms with E-state index in [2.05, 4.69) is 26.0 Å². The van der Waals surface area contributed by atoms with Crippen molar-refractivity contribution in [2.24, 2.45) is 11.8 Å². The van der Waals surface area contributed by atoms with Crippen molar-refractivity contribution in [3.8, 4) is 0 Å². The van der Waals surface area contributed by atoms with E-state index < -0.39 is 0 Å². The minimum absolute atomic E-state index is 0.0160. The van der Waals surface area contributed by atoms with Crippen LogP contribution in [-0.2, 0) is 0 Å². The Morgan fingerprint density at radius 3 is 2.77 bits per heavy atom. The minimum atomic E-state index is -0.374. The first-order valence-corrected chi connectivity index (χ1v) is 9.38. The Labute approximate surface area is 156 Å². The molecule has 6 nitrogen and oxygen atoms in total. The first-order chi connectivity index (χ1) is 12.7. The van der Waals surface area contributed by atoms with Crippen LogP contribution in [0.5, 0.6) is 0 Å². The van der Waals surface area contributed by atoms with Crippen molar-refractivity contribution < 1.29 is 5.11 Å². The van der Waals surface area contributed by atoms with Crippen molar-refractivity contribution in [3.05, 3.63) is 48.1 Å². The highest BCUT2D eigenvalue weighted by Gasteiger charge is 2.42. The van der Waals surface area contributed by atoms with Crippen LogP contribution in [0, 0.1) is 11.8 Å². The normalized spacial score (nSPS) is 28.5. The molecule has 1 saturated carbocycles. The number of halogens is 1. The van der Waals surface area contributed by atoms with E-state index in [0.717, 1.165) is 41.9 Å². The van der Waals surface area contributed by atoms with Crippen molar-refractivity contribution >= 4 is 28.2 Å². The Balaban J connectivity index is 1.44.